The van der Waals surface area contributed by atoms with Gasteiger partial charge in [0.2, 0.25) is 0 Å². The summed E-state index contributed by atoms with van der Waals surface area (Å²) in [5, 5.41) is 27.4. The van der Waals surface area contributed by atoms with Crippen LogP contribution in [0.5, 0.6) is 23.0 Å². The Morgan fingerprint density at radius 2 is 0.850 bits per heavy atom. The van der Waals surface area contributed by atoms with Gasteiger partial charge in [-0.15, -0.1) is 0 Å². The molecule has 0 saturated carbocycles. The van der Waals surface area contributed by atoms with E-state index in [-0.39, 0.29) is 12.1 Å². The monoisotopic (exact) mass is 1020 g/mol. The van der Waals surface area contributed by atoms with Crippen LogP contribution in [0.15, 0.2) is 224 Å². The third-order valence-corrected chi connectivity index (χ3v) is 16.8. The van der Waals surface area contributed by atoms with Crippen LogP contribution in [0, 0.1) is 22.7 Å². The SMILES string of the molecule is CC(C)(C)c1ccc2c(c1)c1cc(C#N)ccc1n2-c1ccc2c(c1)Oc1cc(-c3cc(C#N)ccc3-n3c4ccccc4c4ccccc43)cc3c1B2c1ccc(-c2ccccc2-n2c4ccccc4c4ccccc42)cc1O3. The zero-order valence-corrected chi connectivity index (χ0v) is 44.0. The zero-order valence-electron chi connectivity index (χ0n) is 44.0. The summed E-state index contributed by atoms with van der Waals surface area (Å²) in [6.45, 7) is 6.45. The van der Waals surface area contributed by atoms with Gasteiger partial charge in [0.05, 0.1) is 67.7 Å². The topological polar surface area (TPSA) is 80.8 Å². The van der Waals surface area contributed by atoms with E-state index >= 15 is 0 Å². The van der Waals surface area contributed by atoms with Gasteiger partial charge < -0.3 is 23.2 Å². The Kier molecular flexibility index (Phi) is 9.69. The number of nitrogens with zero attached hydrogens (tertiary/aromatic N) is 5. The summed E-state index contributed by atoms with van der Waals surface area (Å²) < 4.78 is 21.6. The van der Waals surface area contributed by atoms with Gasteiger partial charge in [0.1, 0.15) is 23.0 Å². The van der Waals surface area contributed by atoms with Crippen molar-refractivity contribution in [3.8, 4) is 74.5 Å². The lowest BCUT2D eigenvalue weighted by molar-refractivity contribution is 0.465. The lowest BCUT2D eigenvalue weighted by Gasteiger charge is -2.34. The maximum absolute atomic E-state index is 10.5. The number of fused-ring (bicyclic) bond motifs is 13. The van der Waals surface area contributed by atoms with Gasteiger partial charge in [-0.2, -0.15) is 10.5 Å². The normalized spacial score (nSPS) is 12.6. The molecule has 0 atom stereocenters. The van der Waals surface area contributed by atoms with Crippen LogP contribution in [0.3, 0.4) is 0 Å². The molecule has 3 aromatic heterocycles. The maximum Gasteiger partial charge on any atom is 0.260 e. The Bertz CT molecular complexity index is 5010. The molecule has 5 heterocycles. The van der Waals surface area contributed by atoms with Crippen LogP contribution < -0.4 is 25.9 Å². The molecule has 8 heteroatoms. The van der Waals surface area contributed by atoms with Crippen LogP contribution in [-0.2, 0) is 5.41 Å². The fourth-order valence-corrected chi connectivity index (χ4v) is 13.1. The van der Waals surface area contributed by atoms with Gasteiger partial charge in [0, 0.05) is 60.7 Å². The zero-order chi connectivity index (χ0) is 53.5. The van der Waals surface area contributed by atoms with Gasteiger partial charge in [-0.05, 0) is 136 Å². The average molecular weight is 1020 g/mol. The quantitative estimate of drug-likeness (QED) is 0.161. The van der Waals surface area contributed by atoms with E-state index < -0.39 is 0 Å². The van der Waals surface area contributed by atoms with Crippen LogP contribution in [0.1, 0.15) is 37.5 Å². The highest BCUT2D eigenvalue weighted by Crippen LogP contribution is 2.45. The molecule has 0 N–H and O–H groups in total. The molecule has 11 aromatic carbocycles. The summed E-state index contributed by atoms with van der Waals surface area (Å²) in [6.07, 6.45) is 0. The van der Waals surface area contributed by atoms with Crippen LogP contribution in [0.4, 0.5) is 0 Å². The van der Waals surface area contributed by atoms with E-state index in [0.29, 0.717) is 22.6 Å². The summed E-state index contributed by atoms with van der Waals surface area (Å²) in [6, 6.07) is 84.0. The van der Waals surface area contributed by atoms with Crippen LogP contribution in [0.25, 0.3) is 105 Å². The van der Waals surface area contributed by atoms with Gasteiger partial charge >= 0.3 is 0 Å². The second kappa shape index (κ2) is 17.0. The first-order valence-corrected chi connectivity index (χ1v) is 27.1. The van der Waals surface area contributed by atoms with Gasteiger partial charge in [-0.25, -0.2) is 0 Å². The highest BCUT2D eigenvalue weighted by atomic mass is 16.5. The van der Waals surface area contributed by atoms with E-state index in [1.54, 1.807) is 0 Å². The summed E-state index contributed by atoms with van der Waals surface area (Å²) in [5.41, 5.74) is 18.6. The Morgan fingerprint density at radius 1 is 0.375 bits per heavy atom. The van der Waals surface area contributed by atoms with Crippen molar-refractivity contribution >= 4 is 88.5 Å². The van der Waals surface area contributed by atoms with Crippen molar-refractivity contribution in [2.24, 2.45) is 0 Å². The predicted molar refractivity (Wildman–Crippen MR) is 326 cm³/mol. The van der Waals surface area contributed by atoms with Gasteiger partial charge in [-0.1, -0.05) is 136 Å². The van der Waals surface area contributed by atoms with Gasteiger partial charge in [-0.3, -0.25) is 0 Å². The molecule has 0 amide bonds. The molecule has 14 aromatic rings. The van der Waals surface area contributed by atoms with E-state index in [4.69, 9.17) is 9.47 Å². The summed E-state index contributed by atoms with van der Waals surface area (Å²) in [5.74, 6) is 2.87. The number of hydrogen-bond donors (Lipinski definition) is 0. The first kappa shape index (κ1) is 45.6. The fourth-order valence-electron chi connectivity index (χ4n) is 13.1. The summed E-state index contributed by atoms with van der Waals surface area (Å²) >= 11 is 0. The van der Waals surface area contributed by atoms with Gasteiger partial charge in [0.25, 0.3) is 6.71 Å². The molecule has 0 spiro atoms. The van der Waals surface area contributed by atoms with E-state index in [1.807, 2.05) is 24.3 Å². The van der Waals surface area contributed by atoms with Crippen molar-refractivity contribution in [3.05, 3.63) is 241 Å². The molecule has 2 aliphatic rings. The average Bonchev–Trinajstić information content (AvgIpc) is 4.28. The number of hydrogen-bond acceptors (Lipinski definition) is 4. The Balaban J connectivity index is 0.917. The van der Waals surface area contributed by atoms with Crippen molar-refractivity contribution in [3.63, 3.8) is 0 Å². The molecule has 80 heavy (non-hydrogen) atoms. The molecule has 0 unspecified atom stereocenters. The minimum Gasteiger partial charge on any atom is -0.458 e. The predicted octanol–water partition coefficient (Wildman–Crippen LogP) is 16.1. The molecule has 16 rings (SSSR count). The minimum absolute atomic E-state index is 0.0726. The second-order valence-electron chi connectivity index (χ2n) is 22.3. The summed E-state index contributed by atoms with van der Waals surface area (Å²) in [7, 11) is 0. The Labute approximate surface area is 461 Å². The lowest BCUT2D eigenvalue weighted by atomic mass is 9.34. The number of para-hydroxylation sites is 5. The Hall–Kier alpha value is -10.5. The van der Waals surface area contributed by atoms with Crippen LogP contribution in [0.2, 0.25) is 0 Å². The van der Waals surface area contributed by atoms with Crippen molar-refractivity contribution < 1.29 is 9.47 Å². The molecule has 0 fully saturated rings. The van der Waals surface area contributed by atoms with Gasteiger partial charge in [0.15, 0.2) is 0 Å². The maximum atomic E-state index is 10.5. The van der Waals surface area contributed by atoms with Crippen molar-refractivity contribution in [1.29, 1.82) is 10.5 Å². The molecule has 0 radical (unpaired) electrons. The van der Waals surface area contributed by atoms with Crippen molar-refractivity contribution in [2.75, 3.05) is 0 Å². The van der Waals surface area contributed by atoms with Crippen LogP contribution >= 0.6 is 0 Å². The highest BCUT2D eigenvalue weighted by Gasteiger charge is 2.41. The molecule has 374 valence electrons. The molecular formula is C72H46BN5O2. The van der Waals surface area contributed by atoms with E-state index in [9.17, 15) is 10.5 Å². The second-order valence-corrected chi connectivity index (χ2v) is 22.3. The third-order valence-electron chi connectivity index (χ3n) is 16.8. The molecule has 0 aliphatic carbocycles. The smallest absolute Gasteiger partial charge is 0.260 e. The molecule has 7 nitrogen and oxygen atoms in total. The number of benzene rings is 11. The fraction of sp³-hybridized carbons (Fsp3) is 0.0556. The van der Waals surface area contributed by atoms with Crippen molar-refractivity contribution in [2.45, 2.75) is 26.2 Å². The molecule has 0 bridgehead atoms. The number of ether oxygens (including phenoxy) is 2. The van der Waals surface area contributed by atoms with E-state index in [0.717, 1.165) is 122 Å². The lowest BCUT2D eigenvalue weighted by Crippen LogP contribution is -2.57. The van der Waals surface area contributed by atoms with E-state index in [2.05, 4.69) is 247 Å². The van der Waals surface area contributed by atoms with Crippen molar-refractivity contribution in [1.82, 2.24) is 13.7 Å². The Morgan fingerprint density at radius 3 is 1.45 bits per heavy atom. The third kappa shape index (κ3) is 6.66. The number of aromatic nitrogens is 3. The molecule has 2 aliphatic heterocycles. The minimum atomic E-state index is -0.245. The first-order chi connectivity index (χ1) is 39.2. The standard InChI is InChI=1S/C72H46BN5O2/c1-72(2,3)47-27-33-66-56(39-47)55-35-44(42-75)25-32-65(55)76(66)48-28-30-58-68(40-48)80-70-38-46(54-34-43(41-74)24-31-64(54)78-62-22-12-7-17-52(62)53-18-8-13-23-63(53)78)37-69-71(70)73(58)57-29-26-45(36-67(57)79-69)49-14-4-9-19-59(49)77-60-20-10-5-15-50(60)51-16-6-11-21-61(51)77/h4-40H,1-3H3. The first-order valence-electron chi connectivity index (χ1n) is 27.1. The summed E-state index contributed by atoms with van der Waals surface area (Å²) in [4.78, 5) is 0. The number of nitriles is 2. The molecular weight excluding hydrogens is 978 g/mol. The molecule has 0 saturated heterocycles. The largest absolute Gasteiger partial charge is 0.458 e. The van der Waals surface area contributed by atoms with E-state index in [1.165, 1.54) is 16.3 Å². The number of rotatable bonds is 5. The highest BCUT2D eigenvalue weighted by molar-refractivity contribution is 6.98. The van der Waals surface area contributed by atoms with Crippen LogP contribution in [-0.4, -0.2) is 20.4 Å².